The highest BCUT2D eigenvalue weighted by atomic mass is 14.4. The average molecular weight is 1140 g/mol. The summed E-state index contributed by atoms with van der Waals surface area (Å²) in [5, 5.41) is 0. The first-order valence-corrected chi connectivity index (χ1v) is 31.6. The highest BCUT2D eigenvalue weighted by molar-refractivity contribution is 5.94. The van der Waals surface area contributed by atoms with Crippen molar-refractivity contribution in [3.8, 4) is 89.0 Å². The second-order valence-corrected chi connectivity index (χ2v) is 26.9. The lowest BCUT2D eigenvalue weighted by Gasteiger charge is -2.25. The van der Waals surface area contributed by atoms with Gasteiger partial charge in [0.2, 0.25) is 0 Å². The minimum Gasteiger partial charge on any atom is -0.0622 e. The number of benzene rings is 12. The van der Waals surface area contributed by atoms with Crippen molar-refractivity contribution < 1.29 is 0 Å². The molecular weight excluding hydrogens is 1060 g/mol. The number of hydrogen-bond acceptors (Lipinski definition) is 0. The van der Waals surface area contributed by atoms with Gasteiger partial charge in [-0.1, -0.05) is 310 Å². The van der Waals surface area contributed by atoms with Crippen LogP contribution < -0.4 is 0 Å². The van der Waals surface area contributed by atoms with Gasteiger partial charge in [-0.15, -0.1) is 0 Å². The molecule has 0 heteroatoms. The van der Waals surface area contributed by atoms with Crippen molar-refractivity contribution in [1.82, 2.24) is 0 Å². The molecule has 432 valence electrons. The average Bonchev–Trinajstić information content (AvgIpc) is 1.69. The third-order valence-electron chi connectivity index (χ3n) is 20.1. The van der Waals surface area contributed by atoms with E-state index in [1.807, 2.05) is 0 Å². The van der Waals surface area contributed by atoms with Crippen LogP contribution in [0.4, 0.5) is 0 Å². The van der Waals surface area contributed by atoms with Gasteiger partial charge in [-0.25, -0.2) is 0 Å². The molecule has 0 aromatic heterocycles. The number of fused-ring (bicyclic) bond motifs is 12. The summed E-state index contributed by atoms with van der Waals surface area (Å²) in [4.78, 5) is 0. The van der Waals surface area contributed by atoms with E-state index in [-0.39, 0.29) is 21.7 Å². The van der Waals surface area contributed by atoms with Crippen molar-refractivity contribution in [1.29, 1.82) is 0 Å². The SMILES string of the molecule is Cc1cccc2c1-c1ccc(-c3ccccc3)cc1C2(C)C.Cc1ccccc1-c1ccc2c(c1)-c1ccccc1C2(C)C.Cc1ccccc1-c1cccc2c1-c1ccccc1C2(C)C.Cc1ccccc1-c1cccc2c1C(C)(C)c1ccccc1-2. The monoisotopic (exact) mass is 1140 g/mol. The van der Waals surface area contributed by atoms with Gasteiger partial charge in [-0.2, -0.15) is 0 Å². The third-order valence-corrected chi connectivity index (χ3v) is 20.1. The molecule has 0 bridgehead atoms. The van der Waals surface area contributed by atoms with Gasteiger partial charge in [-0.05, 0) is 196 Å². The summed E-state index contributed by atoms with van der Waals surface area (Å²) in [5.41, 5.74) is 39.0. The molecule has 12 aromatic carbocycles. The molecule has 16 rings (SSSR count). The van der Waals surface area contributed by atoms with Crippen LogP contribution in [0, 0.1) is 27.7 Å². The second kappa shape index (κ2) is 22.4. The first-order chi connectivity index (χ1) is 42.4. The Morgan fingerprint density at radius 3 is 1.16 bits per heavy atom. The molecule has 0 atom stereocenters. The van der Waals surface area contributed by atoms with Gasteiger partial charge in [0.15, 0.2) is 0 Å². The molecule has 12 aromatic rings. The van der Waals surface area contributed by atoms with Crippen molar-refractivity contribution in [2.24, 2.45) is 0 Å². The zero-order valence-electron chi connectivity index (χ0n) is 53.4. The molecule has 0 nitrogen and oxygen atoms in total. The Morgan fingerprint density at radius 1 is 0.182 bits per heavy atom. The highest BCUT2D eigenvalue weighted by Gasteiger charge is 2.40. The van der Waals surface area contributed by atoms with Crippen molar-refractivity contribution >= 4 is 0 Å². The number of aryl methyl sites for hydroxylation is 4. The Kier molecular flexibility index (Phi) is 14.7. The minimum absolute atomic E-state index is 0.0464. The maximum Gasteiger partial charge on any atom is 0.0165 e. The molecule has 0 saturated carbocycles. The molecule has 0 heterocycles. The zero-order valence-corrected chi connectivity index (χ0v) is 53.4. The first-order valence-electron chi connectivity index (χ1n) is 31.6. The van der Waals surface area contributed by atoms with E-state index in [0.717, 1.165) is 0 Å². The van der Waals surface area contributed by atoms with Crippen LogP contribution in [-0.4, -0.2) is 0 Å². The Bertz CT molecular complexity index is 4640. The molecule has 0 N–H and O–H groups in total. The predicted octanol–water partition coefficient (Wildman–Crippen LogP) is 23.9. The molecule has 4 aliphatic carbocycles. The van der Waals surface area contributed by atoms with E-state index in [4.69, 9.17) is 0 Å². The topological polar surface area (TPSA) is 0 Å². The summed E-state index contributed by atoms with van der Waals surface area (Å²) < 4.78 is 0. The fraction of sp³-hybridized carbons (Fsp3) is 0.182. The van der Waals surface area contributed by atoms with E-state index in [2.05, 4.69) is 350 Å². The number of rotatable bonds is 4. The van der Waals surface area contributed by atoms with Crippen molar-refractivity contribution in [2.75, 3.05) is 0 Å². The van der Waals surface area contributed by atoms with Gasteiger partial charge in [0.05, 0.1) is 0 Å². The quantitative estimate of drug-likeness (QED) is 0.165. The standard InChI is InChI=1S/4C22H20/c1-15-9-4-5-10-16(15)18-12-8-13-19-17-11-6-7-14-20(17)22(2,3)21(18)19;1-15-9-4-5-10-16(15)17-12-8-14-20-21(17)18-11-6-7-13-19(18)22(20,2)3;1-15-8-4-5-9-17(15)16-12-13-21-19(14-16)18-10-6-7-11-20(18)22(21,2)3;1-15-8-7-11-19-21(15)18-13-12-17(14-20(18)22(19,2)3)16-9-5-4-6-10-16/h4*4-14H,1-3H3. The maximum absolute atomic E-state index is 2.38. The molecular formula is C88H80. The van der Waals surface area contributed by atoms with Crippen LogP contribution in [0.5, 0.6) is 0 Å². The van der Waals surface area contributed by atoms with Crippen molar-refractivity contribution in [3.05, 3.63) is 334 Å². The van der Waals surface area contributed by atoms with E-state index >= 15 is 0 Å². The largest absolute Gasteiger partial charge is 0.0622 e. The fourth-order valence-electron chi connectivity index (χ4n) is 15.4. The summed E-state index contributed by atoms with van der Waals surface area (Å²) in [6, 6.07) is 97.2. The predicted molar refractivity (Wildman–Crippen MR) is 377 cm³/mol. The van der Waals surface area contributed by atoms with Gasteiger partial charge in [0, 0.05) is 21.7 Å². The normalized spacial score (nSPS) is 14.5. The van der Waals surface area contributed by atoms with E-state index in [0.29, 0.717) is 0 Å². The van der Waals surface area contributed by atoms with Gasteiger partial charge >= 0.3 is 0 Å². The molecule has 4 aliphatic rings. The summed E-state index contributed by atoms with van der Waals surface area (Å²) in [6.07, 6.45) is 0. The Morgan fingerprint density at radius 2 is 0.545 bits per heavy atom. The Balaban J connectivity index is 0.000000108. The molecule has 0 amide bonds. The van der Waals surface area contributed by atoms with E-state index in [1.54, 1.807) is 0 Å². The smallest absolute Gasteiger partial charge is 0.0165 e. The van der Waals surface area contributed by atoms with Gasteiger partial charge in [0.1, 0.15) is 0 Å². The van der Waals surface area contributed by atoms with Crippen LogP contribution in [0.1, 0.15) is 122 Å². The summed E-state index contributed by atoms with van der Waals surface area (Å²) >= 11 is 0. The van der Waals surface area contributed by atoms with E-state index < -0.39 is 0 Å². The maximum atomic E-state index is 2.38. The molecule has 0 fully saturated rings. The Hall–Kier alpha value is -9.36. The van der Waals surface area contributed by atoms with Gasteiger partial charge in [-0.3, -0.25) is 0 Å². The summed E-state index contributed by atoms with van der Waals surface area (Å²) in [7, 11) is 0. The fourth-order valence-corrected chi connectivity index (χ4v) is 15.4. The van der Waals surface area contributed by atoms with Crippen LogP contribution in [0.2, 0.25) is 0 Å². The lowest BCUT2D eigenvalue weighted by Crippen LogP contribution is -2.16. The third kappa shape index (κ3) is 9.70. The van der Waals surface area contributed by atoms with E-state index in [1.165, 1.54) is 156 Å². The molecule has 0 radical (unpaired) electrons. The zero-order chi connectivity index (χ0) is 61.3. The molecule has 88 heavy (non-hydrogen) atoms. The van der Waals surface area contributed by atoms with Crippen LogP contribution in [0.3, 0.4) is 0 Å². The molecule has 0 unspecified atom stereocenters. The first kappa shape index (κ1) is 57.7. The summed E-state index contributed by atoms with van der Waals surface area (Å²) in [6.45, 7) is 27.5. The number of hydrogen-bond donors (Lipinski definition) is 0. The van der Waals surface area contributed by atoms with Crippen molar-refractivity contribution in [2.45, 2.75) is 105 Å². The van der Waals surface area contributed by atoms with Gasteiger partial charge in [0.25, 0.3) is 0 Å². The van der Waals surface area contributed by atoms with Crippen LogP contribution in [0.15, 0.2) is 267 Å². The minimum atomic E-state index is 0.0464. The van der Waals surface area contributed by atoms with Gasteiger partial charge < -0.3 is 0 Å². The second-order valence-electron chi connectivity index (χ2n) is 26.9. The molecule has 0 spiro atoms. The van der Waals surface area contributed by atoms with Crippen LogP contribution >= 0.6 is 0 Å². The van der Waals surface area contributed by atoms with Crippen LogP contribution in [-0.2, 0) is 21.7 Å². The van der Waals surface area contributed by atoms with E-state index in [9.17, 15) is 0 Å². The Labute approximate surface area is 524 Å². The lowest BCUT2D eigenvalue weighted by molar-refractivity contribution is 0.660. The molecule has 0 saturated heterocycles. The van der Waals surface area contributed by atoms with Crippen LogP contribution in [0.25, 0.3) is 89.0 Å². The summed E-state index contributed by atoms with van der Waals surface area (Å²) in [5.74, 6) is 0. The highest BCUT2D eigenvalue weighted by Crippen LogP contribution is 2.55. The lowest BCUT2D eigenvalue weighted by atomic mass is 9.78. The van der Waals surface area contributed by atoms with Crippen molar-refractivity contribution in [3.63, 3.8) is 0 Å². The molecule has 0 aliphatic heterocycles.